The summed E-state index contributed by atoms with van der Waals surface area (Å²) in [4.78, 5) is 12.2. The van der Waals surface area contributed by atoms with Crippen molar-refractivity contribution in [1.82, 2.24) is 0 Å². The summed E-state index contributed by atoms with van der Waals surface area (Å²) in [7, 11) is -5.60. The Hall–Kier alpha value is -1.10. The number of halogens is 2. The first-order valence-corrected chi connectivity index (χ1v) is 9.83. The molecule has 0 radical (unpaired) electrons. The van der Waals surface area contributed by atoms with Gasteiger partial charge in [0.25, 0.3) is 0 Å². The molecule has 0 aromatic heterocycles. The summed E-state index contributed by atoms with van der Waals surface area (Å²) in [5, 5.41) is 6.15. The highest BCUT2D eigenvalue weighted by atomic mass is 32.2. The second-order valence-electron chi connectivity index (χ2n) is 7.97. The van der Waals surface area contributed by atoms with Crippen molar-refractivity contribution in [2.75, 3.05) is 13.2 Å². The van der Waals surface area contributed by atoms with Gasteiger partial charge in [-0.2, -0.15) is 17.2 Å². The third-order valence-corrected chi connectivity index (χ3v) is 6.37. The largest absolute Gasteiger partial charge is 0.456 e. The molecule has 26 heavy (non-hydrogen) atoms. The van der Waals surface area contributed by atoms with Gasteiger partial charge in [0, 0.05) is 6.42 Å². The number of rotatable bonds is 7. The van der Waals surface area contributed by atoms with Crippen LogP contribution in [0.5, 0.6) is 0 Å². The van der Waals surface area contributed by atoms with Gasteiger partial charge in [-0.3, -0.25) is 4.55 Å². The molecule has 2 N–H and O–H groups in total. The van der Waals surface area contributed by atoms with Gasteiger partial charge < -0.3 is 14.6 Å². The van der Waals surface area contributed by atoms with Crippen molar-refractivity contribution < 1.29 is 41.1 Å². The molecular formula is C16H22F2O7S. The minimum Gasteiger partial charge on any atom is -0.456 e. The summed E-state index contributed by atoms with van der Waals surface area (Å²) < 4.78 is 65.6. The Morgan fingerprint density at radius 3 is 2.31 bits per heavy atom. The van der Waals surface area contributed by atoms with Gasteiger partial charge in [0.2, 0.25) is 0 Å². The van der Waals surface area contributed by atoms with Crippen LogP contribution in [0.2, 0.25) is 0 Å². The van der Waals surface area contributed by atoms with Crippen LogP contribution in [-0.2, 0) is 24.4 Å². The molecular weight excluding hydrogens is 374 g/mol. The molecule has 0 heterocycles. The van der Waals surface area contributed by atoms with E-state index in [1.165, 1.54) is 0 Å². The van der Waals surface area contributed by atoms with Crippen LogP contribution in [0.1, 0.15) is 38.5 Å². The molecule has 0 aliphatic heterocycles. The minimum atomic E-state index is -5.60. The van der Waals surface area contributed by atoms with Gasteiger partial charge in [-0.1, -0.05) is 6.58 Å². The third-order valence-electron chi connectivity index (χ3n) is 5.50. The molecule has 0 aromatic rings. The average Bonchev–Trinajstić information content (AvgIpc) is 2.42. The maximum atomic E-state index is 13.1. The quantitative estimate of drug-likeness (QED) is 0.383. The molecule has 2 unspecified atom stereocenters. The van der Waals surface area contributed by atoms with Crippen molar-refractivity contribution >= 4 is 16.1 Å². The van der Waals surface area contributed by atoms with Crippen LogP contribution in [0.15, 0.2) is 12.2 Å². The molecule has 4 aliphatic carbocycles. The second-order valence-corrected chi connectivity index (χ2v) is 9.51. The van der Waals surface area contributed by atoms with Crippen LogP contribution in [0.25, 0.3) is 0 Å². The number of ether oxygens (including phenoxy) is 2. The lowest BCUT2D eigenvalue weighted by Crippen LogP contribution is -2.60. The van der Waals surface area contributed by atoms with E-state index < -0.39 is 45.8 Å². The molecule has 0 aromatic carbocycles. The van der Waals surface area contributed by atoms with E-state index >= 15 is 0 Å². The van der Waals surface area contributed by atoms with Crippen LogP contribution in [0, 0.1) is 11.8 Å². The lowest BCUT2D eigenvalue weighted by molar-refractivity contribution is -0.217. The molecule has 4 bridgehead atoms. The van der Waals surface area contributed by atoms with E-state index in [2.05, 4.69) is 11.3 Å². The molecule has 2 atom stereocenters. The molecule has 7 nitrogen and oxygen atoms in total. The summed E-state index contributed by atoms with van der Waals surface area (Å²) in [5.41, 5.74) is -1.82. The number of alkyl halides is 2. The molecule has 4 saturated carbocycles. The Morgan fingerprint density at radius 2 is 1.81 bits per heavy atom. The Kier molecular flexibility index (Phi) is 4.70. The number of hydrogen-bond acceptors (Lipinski definition) is 6. The monoisotopic (exact) mass is 396 g/mol. The highest BCUT2D eigenvalue weighted by Crippen LogP contribution is 2.58. The third kappa shape index (κ3) is 3.78. The summed E-state index contributed by atoms with van der Waals surface area (Å²) in [5.74, 6) is -0.218. The maximum Gasteiger partial charge on any atom is 0.392 e. The molecule has 0 amide bonds. The first kappa shape index (κ1) is 19.7. The zero-order chi connectivity index (χ0) is 19.4. The van der Waals surface area contributed by atoms with Crippen molar-refractivity contribution in [3.05, 3.63) is 12.2 Å². The van der Waals surface area contributed by atoms with E-state index in [1.807, 2.05) is 0 Å². The molecule has 0 spiro atoms. The fraction of sp³-hybridized carbons (Fsp3) is 0.812. The van der Waals surface area contributed by atoms with Crippen molar-refractivity contribution in [3.8, 4) is 0 Å². The number of carbonyl (C=O) groups excluding carboxylic acids is 1. The van der Waals surface area contributed by atoms with Crippen LogP contribution in [-0.4, -0.2) is 53.7 Å². The van der Waals surface area contributed by atoms with Crippen molar-refractivity contribution in [2.45, 2.75) is 55.0 Å². The normalized spacial score (nSPS) is 36.2. The molecule has 10 heteroatoms. The number of aliphatic hydroxyl groups is 1. The molecule has 4 aliphatic rings. The first-order valence-electron chi connectivity index (χ1n) is 8.39. The number of carbonyl (C=O) groups is 1. The van der Waals surface area contributed by atoms with E-state index in [9.17, 15) is 27.1 Å². The summed E-state index contributed by atoms with van der Waals surface area (Å²) in [6.45, 7) is 1.17. The van der Waals surface area contributed by atoms with Gasteiger partial charge in [-0.15, -0.1) is 0 Å². The van der Waals surface area contributed by atoms with E-state index in [0.29, 0.717) is 43.9 Å². The van der Waals surface area contributed by atoms with Crippen LogP contribution in [0.4, 0.5) is 8.78 Å². The van der Waals surface area contributed by atoms with Crippen LogP contribution < -0.4 is 0 Å². The smallest absolute Gasteiger partial charge is 0.392 e. The molecule has 0 saturated heterocycles. The topological polar surface area (TPSA) is 110 Å². The summed E-state index contributed by atoms with van der Waals surface area (Å²) in [6, 6.07) is 0. The van der Waals surface area contributed by atoms with E-state index in [4.69, 9.17) is 9.29 Å². The molecule has 4 rings (SSSR count). The Labute approximate surface area is 150 Å². The Balaban J connectivity index is 1.55. The lowest BCUT2D eigenvalue weighted by Gasteiger charge is -2.59. The van der Waals surface area contributed by atoms with Crippen molar-refractivity contribution in [2.24, 2.45) is 11.8 Å². The van der Waals surface area contributed by atoms with Gasteiger partial charge in [0.15, 0.2) is 0 Å². The van der Waals surface area contributed by atoms with Gasteiger partial charge in [-0.05, 0) is 43.9 Å². The fourth-order valence-electron chi connectivity index (χ4n) is 4.95. The van der Waals surface area contributed by atoms with Crippen LogP contribution >= 0.6 is 0 Å². The van der Waals surface area contributed by atoms with E-state index in [-0.39, 0.29) is 5.57 Å². The Morgan fingerprint density at radius 1 is 1.23 bits per heavy atom. The zero-order valence-corrected chi connectivity index (χ0v) is 14.9. The second kappa shape index (κ2) is 6.22. The van der Waals surface area contributed by atoms with Crippen LogP contribution in [0.3, 0.4) is 0 Å². The standard InChI is InChI=1S/C16H22F2O7S/c1-10(7-24-9-16(17,18)26(21,22)23)13(19)25-15-5-11-2-12(6-15)4-14(20,3-11)8-15/h11-12,20H,1-9H2,(H,21,22,23). The molecule has 4 fully saturated rings. The predicted molar refractivity (Wildman–Crippen MR) is 84.9 cm³/mol. The summed E-state index contributed by atoms with van der Waals surface area (Å²) >= 11 is 0. The van der Waals surface area contributed by atoms with Gasteiger partial charge in [0.05, 0.1) is 17.8 Å². The van der Waals surface area contributed by atoms with Crippen molar-refractivity contribution in [3.63, 3.8) is 0 Å². The first-order chi connectivity index (χ1) is 11.8. The fourth-order valence-corrected chi connectivity index (χ4v) is 5.18. The number of hydrogen-bond donors (Lipinski definition) is 2. The molecule has 148 valence electrons. The maximum absolute atomic E-state index is 13.1. The Bertz CT molecular complexity index is 704. The highest BCUT2D eigenvalue weighted by Gasteiger charge is 2.59. The van der Waals surface area contributed by atoms with E-state index in [0.717, 1.165) is 6.42 Å². The van der Waals surface area contributed by atoms with Gasteiger partial charge in [-0.25, -0.2) is 4.79 Å². The lowest BCUT2D eigenvalue weighted by atomic mass is 9.52. The summed E-state index contributed by atoms with van der Waals surface area (Å²) in [6.07, 6.45) is 4.10. The minimum absolute atomic E-state index is 0.237. The van der Waals surface area contributed by atoms with Gasteiger partial charge in [0.1, 0.15) is 12.2 Å². The average molecular weight is 396 g/mol. The van der Waals surface area contributed by atoms with Gasteiger partial charge >= 0.3 is 21.3 Å². The highest BCUT2D eigenvalue weighted by molar-refractivity contribution is 7.86. The SMILES string of the molecule is C=C(COCC(F)(F)S(=O)(=O)O)C(=O)OC12CC3CC(CC(O)(C3)C1)C2. The number of esters is 1. The zero-order valence-electron chi connectivity index (χ0n) is 14.1. The predicted octanol–water partition coefficient (Wildman–Crippen LogP) is 1.67. The van der Waals surface area contributed by atoms with E-state index in [1.54, 1.807) is 0 Å². The van der Waals surface area contributed by atoms with Crippen molar-refractivity contribution in [1.29, 1.82) is 0 Å².